The molecule has 8 rings (SSSR count). The molecule has 6 saturated carbocycles. The number of hydrogen-bond acceptors (Lipinski definition) is 4. The van der Waals surface area contributed by atoms with E-state index in [1.807, 2.05) is 0 Å². The Balaban J connectivity index is 0.971. The highest BCUT2D eigenvalue weighted by Gasteiger charge is 2.74. The molecule has 2 aliphatic heterocycles. The highest BCUT2D eigenvalue weighted by atomic mass is 16.7. The Bertz CT molecular complexity index is 1260. The van der Waals surface area contributed by atoms with Gasteiger partial charge in [0.1, 0.15) is 0 Å². The Morgan fingerprint density at radius 3 is 1.77 bits per heavy atom. The van der Waals surface area contributed by atoms with Crippen LogP contribution in [0.5, 0.6) is 0 Å². The molecule has 2 saturated heterocycles. The van der Waals surface area contributed by atoms with Crippen molar-refractivity contribution in [3.63, 3.8) is 0 Å². The summed E-state index contributed by atoms with van der Waals surface area (Å²) >= 11 is 0. The maximum atomic E-state index is 6.98. The number of rotatable bonds is 5. The maximum Gasteiger partial charge on any atom is 0.178 e. The summed E-state index contributed by atoms with van der Waals surface area (Å²) in [6.07, 6.45) is 17.5. The Kier molecular flexibility index (Phi) is 6.60. The van der Waals surface area contributed by atoms with Gasteiger partial charge in [-0.05, 0) is 168 Å². The summed E-state index contributed by atoms with van der Waals surface area (Å²) in [4.78, 5) is 0. The molecule has 0 aromatic heterocycles. The first-order valence-electron chi connectivity index (χ1n) is 18.5. The van der Waals surface area contributed by atoms with Gasteiger partial charge in [0.15, 0.2) is 12.6 Å². The molecule has 0 amide bonds. The maximum absolute atomic E-state index is 6.98. The van der Waals surface area contributed by atoms with Crippen LogP contribution in [0, 0.1) is 57.2 Å². The molecule has 0 radical (unpaired) electrons. The lowest BCUT2D eigenvalue weighted by atomic mass is 9.61. The minimum Gasteiger partial charge on any atom is -0.343 e. The van der Waals surface area contributed by atoms with Crippen LogP contribution in [0.2, 0.25) is 0 Å². The molecule has 44 heavy (non-hydrogen) atoms. The quantitative estimate of drug-likeness (QED) is 0.292. The van der Waals surface area contributed by atoms with Crippen molar-refractivity contribution in [3.05, 3.63) is 23.3 Å². The summed E-state index contributed by atoms with van der Waals surface area (Å²) < 4.78 is 27.3. The smallest absolute Gasteiger partial charge is 0.178 e. The molecule has 4 bridgehead atoms. The van der Waals surface area contributed by atoms with Gasteiger partial charge in [0.2, 0.25) is 0 Å². The second-order valence-corrected chi connectivity index (χ2v) is 19.3. The van der Waals surface area contributed by atoms with E-state index in [-0.39, 0.29) is 41.4 Å². The van der Waals surface area contributed by atoms with Crippen LogP contribution in [0.15, 0.2) is 23.3 Å². The standard InChI is InChI=1S/C40H62O4/c1-23(2)17-33-41-32-22-40-20-30(38(32,10)43-33)36(7,8)28(40)16-14-26(40)13-11-24(3)18-34-42-31-21-39-19-29(37(31,9)44-34)35(5,6)27(39)15-12-25(39)4/h17-18,25-34H,11-16,19-22H2,1-10H3/b24-18+/t25-,26-,27+,28+,29-,30-,31+,32+,33-,34+,37-,38-,39-,40-/m1/s1. The molecule has 8 aliphatic rings. The number of hydrogen-bond donors (Lipinski definition) is 0. The van der Waals surface area contributed by atoms with Gasteiger partial charge in [0.05, 0.1) is 23.4 Å². The first-order chi connectivity index (χ1) is 20.6. The van der Waals surface area contributed by atoms with Gasteiger partial charge in [-0.25, -0.2) is 0 Å². The fraction of sp³-hybridized carbons (Fsp3) is 0.900. The Hall–Kier alpha value is -0.680. The summed E-state index contributed by atoms with van der Waals surface area (Å²) in [7, 11) is 0. The lowest BCUT2D eigenvalue weighted by molar-refractivity contribution is -0.105. The lowest BCUT2D eigenvalue weighted by Gasteiger charge is -2.47. The molecule has 2 heterocycles. The Morgan fingerprint density at radius 1 is 0.636 bits per heavy atom. The number of fused-ring (bicyclic) bond motifs is 6. The van der Waals surface area contributed by atoms with E-state index in [0.29, 0.717) is 28.1 Å². The molecule has 0 unspecified atom stereocenters. The molecule has 6 aliphatic carbocycles. The van der Waals surface area contributed by atoms with E-state index in [9.17, 15) is 0 Å². The molecule has 246 valence electrons. The van der Waals surface area contributed by atoms with Gasteiger partial charge in [0, 0.05) is 0 Å². The summed E-state index contributed by atoms with van der Waals surface area (Å²) in [5.41, 5.74) is 3.85. The Labute approximate surface area is 268 Å². The van der Waals surface area contributed by atoms with Crippen LogP contribution in [0.1, 0.15) is 133 Å². The van der Waals surface area contributed by atoms with Gasteiger partial charge >= 0.3 is 0 Å². The van der Waals surface area contributed by atoms with Crippen molar-refractivity contribution in [2.45, 2.75) is 169 Å². The van der Waals surface area contributed by atoms with Crippen molar-refractivity contribution >= 4 is 0 Å². The number of ether oxygens (including phenoxy) is 4. The molecule has 0 aromatic rings. The topological polar surface area (TPSA) is 36.9 Å². The van der Waals surface area contributed by atoms with Crippen molar-refractivity contribution in [1.29, 1.82) is 0 Å². The van der Waals surface area contributed by atoms with Gasteiger partial charge in [-0.15, -0.1) is 0 Å². The first-order valence-corrected chi connectivity index (χ1v) is 18.5. The van der Waals surface area contributed by atoms with Gasteiger partial charge in [-0.1, -0.05) is 45.8 Å². The predicted octanol–water partition coefficient (Wildman–Crippen LogP) is 9.62. The van der Waals surface area contributed by atoms with E-state index in [2.05, 4.69) is 81.4 Å². The van der Waals surface area contributed by atoms with Gasteiger partial charge in [0.25, 0.3) is 0 Å². The fourth-order valence-electron chi connectivity index (χ4n) is 14.6. The molecule has 0 N–H and O–H groups in total. The van der Waals surface area contributed by atoms with E-state index in [4.69, 9.17) is 18.9 Å². The average Bonchev–Trinajstić information content (AvgIpc) is 3.69. The van der Waals surface area contributed by atoms with E-state index >= 15 is 0 Å². The summed E-state index contributed by atoms with van der Waals surface area (Å²) in [6.45, 7) is 24.1. The summed E-state index contributed by atoms with van der Waals surface area (Å²) in [5.74, 6) is 4.32. The highest BCUT2D eigenvalue weighted by Crippen LogP contribution is 2.76. The summed E-state index contributed by atoms with van der Waals surface area (Å²) in [5, 5.41) is 0. The van der Waals surface area contributed by atoms with Crippen molar-refractivity contribution in [1.82, 2.24) is 0 Å². The molecular formula is C40H62O4. The third kappa shape index (κ3) is 3.84. The van der Waals surface area contributed by atoms with Crippen LogP contribution in [-0.4, -0.2) is 36.0 Å². The SMILES string of the molecule is CC(C)=C[C@@H]1O[C@H]2C[C@@]34C[C@H](C(C)(C)[C@@H]3CC[C@H]4CC/C(C)=C/[C@H]3O[C@H]4C[C@@]56C[C@H](C(C)(C)[C@@H]5CC[C@H]6C)[C@@]4(C)O3)[C@@]2(C)O1. The molecule has 14 atom stereocenters. The fourth-order valence-corrected chi connectivity index (χ4v) is 14.6. The van der Waals surface area contributed by atoms with Crippen LogP contribution in [0.25, 0.3) is 0 Å². The molecule has 4 heteroatoms. The van der Waals surface area contributed by atoms with Crippen molar-refractivity contribution in [2.24, 2.45) is 57.2 Å². The average molecular weight is 607 g/mol. The van der Waals surface area contributed by atoms with Crippen LogP contribution >= 0.6 is 0 Å². The van der Waals surface area contributed by atoms with Crippen LogP contribution < -0.4 is 0 Å². The van der Waals surface area contributed by atoms with E-state index in [0.717, 1.165) is 30.1 Å². The Morgan fingerprint density at radius 2 is 1.16 bits per heavy atom. The minimum atomic E-state index is -0.192. The minimum absolute atomic E-state index is 0.163. The zero-order chi connectivity index (χ0) is 31.2. The largest absolute Gasteiger partial charge is 0.343 e. The third-order valence-corrected chi connectivity index (χ3v) is 16.5. The second kappa shape index (κ2) is 9.48. The second-order valence-electron chi connectivity index (χ2n) is 19.3. The van der Waals surface area contributed by atoms with Gasteiger partial charge in [-0.2, -0.15) is 0 Å². The molecule has 4 nitrogen and oxygen atoms in total. The van der Waals surface area contributed by atoms with Gasteiger partial charge < -0.3 is 18.9 Å². The van der Waals surface area contributed by atoms with E-state index < -0.39 is 0 Å². The molecule has 8 fully saturated rings. The molecule has 0 aromatic carbocycles. The predicted molar refractivity (Wildman–Crippen MR) is 175 cm³/mol. The van der Waals surface area contributed by atoms with Crippen LogP contribution in [0.3, 0.4) is 0 Å². The zero-order valence-corrected chi connectivity index (χ0v) is 29.6. The summed E-state index contributed by atoms with van der Waals surface area (Å²) in [6, 6.07) is 0. The van der Waals surface area contributed by atoms with E-state index in [1.165, 1.54) is 68.9 Å². The molecular weight excluding hydrogens is 544 g/mol. The first kappa shape index (κ1) is 30.6. The van der Waals surface area contributed by atoms with Crippen LogP contribution in [-0.2, 0) is 18.9 Å². The van der Waals surface area contributed by atoms with Gasteiger partial charge in [-0.3, -0.25) is 0 Å². The van der Waals surface area contributed by atoms with Crippen molar-refractivity contribution in [3.8, 4) is 0 Å². The van der Waals surface area contributed by atoms with Crippen LogP contribution in [0.4, 0.5) is 0 Å². The van der Waals surface area contributed by atoms with Crippen molar-refractivity contribution < 1.29 is 18.9 Å². The molecule has 2 spiro atoms. The monoisotopic (exact) mass is 606 g/mol. The highest BCUT2D eigenvalue weighted by molar-refractivity contribution is 5.24. The van der Waals surface area contributed by atoms with E-state index in [1.54, 1.807) is 0 Å². The normalized spacial score (nSPS) is 55.9. The zero-order valence-electron chi connectivity index (χ0n) is 29.6. The lowest BCUT2D eigenvalue weighted by Crippen LogP contribution is -2.52. The number of allylic oxidation sites excluding steroid dienone is 2. The third-order valence-electron chi connectivity index (χ3n) is 16.5. The van der Waals surface area contributed by atoms with Crippen molar-refractivity contribution in [2.75, 3.05) is 0 Å².